The molecule has 0 unspecified atom stereocenters. The van der Waals surface area contributed by atoms with Crippen molar-refractivity contribution < 1.29 is 4.74 Å². The second-order valence-electron chi connectivity index (χ2n) is 6.01. The SMILES string of the molecule is CCCC(C)(CCC)N1CCOCC1(C)C. The summed E-state index contributed by atoms with van der Waals surface area (Å²) in [5.74, 6) is 0. The summed E-state index contributed by atoms with van der Waals surface area (Å²) in [6.45, 7) is 14.5. The number of hydrogen-bond acceptors (Lipinski definition) is 2. The topological polar surface area (TPSA) is 12.5 Å². The second kappa shape index (κ2) is 5.50. The fourth-order valence-electron chi connectivity index (χ4n) is 3.33. The highest BCUT2D eigenvalue weighted by molar-refractivity contribution is 4.96. The van der Waals surface area contributed by atoms with Crippen molar-refractivity contribution in [2.24, 2.45) is 0 Å². The van der Waals surface area contributed by atoms with Crippen LogP contribution in [-0.4, -0.2) is 35.7 Å². The fourth-order valence-corrected chi connectivity index (χ4v) is 3.33. The van der Waals surface area contributed by atoms with Crippen molar-refractivity contribution in [3.05, 3.63) is 0 Å². The van der Waals surface area contributed by atoms with Crippen LogP contribution in [0.2, 0.25) is 0 Å². The van der Waals surface area contributed by atoms with E-state index in [1.165, 1.54) is 25.7 Å². The Morgan fingerprint density at radius 1 is 1.19 bits per heavy atom. The summed E-state index contributed by atoms with van der Waals surface area (Å²) in [6, 6.07) is 0. The van der Waals surface area contributed by atoms with Gasteiger partial charge in [0, 0.05) is 17.6 Å². The van der Waals surface area contributed by atoms with Gasteiger partial charge >= 0.3 is 0 Å². The van der Waals surface area contributed by atoms with Crippen molar-refractivity contribution in [3.8, 4) is 0 Å². The van der Waals surface area contributed by atoms with Crippen LogP contribution in [0.15, 0.2) is 0 Å². The molecule has 0 atom stereocenters. The molecule has 1 aliphatic heterocycles. The lowest BCUT2D eigenvalue weighted by atomic mass is 9.84. The number of rotatable bonds is 5. The third-order valence-corrected chi connectivity index (χ3v) is 3.87. The van der Waals surface area contributed by atoms with E-state index in [0.717, 1.165) is 19.8 Å². The van der Waals surface area contributed by atoms with E-state index in [1.54, 1.807) is 0 Å². The van der Waals surface area contributed by atoms with Crippen molar-refractivity contribution in [3.63, 3.8) is 0 Å². The lowest BCUT2D eigenvalue weighted by Gasteiger charge is -2.53. The average Bonchev–Trinajstić information content (AvgIpc) is 2.17. The van der Waals surface area contributed by atoms with E-state index < -0.39 is 0 Å². The third-order valence-electron chi connectivity index (χ3n) is 3.87. The molecule has 0 aliphatic carbocycles. The Bertz CT molecular complexity index is 207. The molecule has 0 aromatic rings. The molecule has 0 N–H and O–H groups in total. The van der Waals surface area contributed by atoms with Gasteiger partial charge in [0.25, 0.3) is 0 Å². The molecule has 0 amide bonds. The molecule has 0 spiro atoms. The first kappa shape index (κ1) is 14.0. The van der Waals surface area contributed by atoms with Gasteiger partial charge in [-0.2, -0.15) is 0 Å². The Kier molecular flexibility index (Phi) is 4.81. The van der Waals surface area contributed by atoms with E-state index in [0.29, 0.717) is 5.54 Å². The summed E-state index contributed by atoms with van der Waals surface area (Å²) >= 11 is 0. The van der Waals surface area contributed by atoms with Crippen LogP contribution in [0, 0.1) is 0 Å². The van der Waals surface area contributed by atoms with Crippen molar-refractivity contribution in [2.75, 3.05) is 19.8 Å². The van der Waals surface area contributed by atoms with E-state index in [-0.39, 0.29) is 5.54 Å². The second-order valence-corrected chi connectivity index (χ2v) is 6.01. The molecule has 1 saturated heterocycles. The number of nitrogens with zero attached hydrogens (tertiary/aromatic N) is 1. The van der Waals surface area contributed by atoms with Gasteiger partial charge in [-0.15, -0.1) is 0 Å². The lowest BCUT2D eigenvalue weighted by molar-refractivity contribution is -0.106. The molecule has 96 valence electrons. The first-order valence-corrected chi connectivity index (χ1v) is 6.82. The molecule has 2 heteroatoms. The Morgan fingerprint density at radius 2 is 1.75 bits per heavy atom. The maximum Gasteiger partial charge on any atom is 0.0645 e. The Hall–Kier alpha value is -0.0800. The van der Waals surface area contributed by atoms with Gasteiger partial charge < -0.3 is 4.74 Å². The summed E-state index contributed by atoms with van der Waals surface area (Å²) in [5, 5.41) is 0. The standard InChI is InChI=1S/C14H29NO/c1-6-8-14(5,9-7-2)15-10-11-16-12-13(15,3)4/h6-12H2,1-5H3. The largest absolute Gasteiger partial charge is 0.378 e. The highest BCUT2D eigenvalue weighted by Gasteiger charge is 2.41. The number of hydrogen-bond donors (Lipinski definition) is 0. The van der Waals surface area contributed by atoms with Crippen LogP contribution in [0.5, 0.6) is 0 Å². The van der Waals surface area contributed by atoms with Gasteiger partial charge in [-0.1, -0.05) is 26.7 Å². The van der Waals surface area contributed by atoms with Crippen molar-refractivity contribution in [2.45, 2.75) is 71.4 Å². The minimum absolute atomic E-state index is 0.192. The molecule has 1 fully saturated rings. The minimum atomic E-state index is 0.192. The van der Waals surface area contributed by atoms with E-state index in [2.05, 4.69) is 39.5 Å². The van der Waals surface area contributed by atoms with Crippen molar-refractivity contribution >= 4 is 0 Å². The molecule has 0 aromatic heterocycles. The van der Waals surface area contributed by atoms with Gasteiger partial charge in [0.2, 0.25) is 0 Å². The first-order valence-electron chi connectivity index (χ1n) is 6.82. The third kappa shape index (κ3) is 2.98. The van der Waals surface area contributed by atoms with Crippen LogP contribution >= 0.6 is 0 Å². The highest BCUT2D eigenvalue weighted by Crippen LogP contribution is 2.34. The molecule has 1 heterocycles. The molecule has 0 saturated carbocycles. The molecule has 1 rings (SSSR count). The van der Waals surface area contributed by atoms with E-state index >= 15 is 0 Å². The molecule has 2 nitrogen and oxygen atoms in total. The van der Waals surface area contributed by atoms with E-state index in [1.807, 2.05) is 0 Å². The number of ether oxygens (including phenoxy) is 1. The molecule has 1 aliphatic rings. The predicted molar refractivity (Wildman–Crippen MR) is 69.8 cm³/mol. The monoisotopic (exact) mass is 227 g/mol. The molecule has 0 aromatic carbocycles. The van der Waals surface area contributed by atoms with E-state index in [4.69, 9.17) is 4.74 Å². The zero-order valence-electron chi connectivity index (χ0n) is 11.8. The van der Waals surface area contributed by atoms with Gasteiger partial charge in [0.15, 0.2) is 0 Å². The van der Waals surface area contributed by atoms with Crippen molar-refractivity contribution in [1.29, 1.82) is 0 Å². The molecule has 0 radical (unpaired) electrons. The Labute approximate surface area is 101 Å². The van der Waals surface area contributed by atoms with Crippen LogP contribution < -0.4 is 0 Å². The van der Waals surface area contributed by atoms with Gasteiger partial charge in [-0.05, 0) is 33.6 Å². The van der Waals surface area contributed by atoms with Gasteiger partial charge in [0.1, 0.15) is 0 Å². The van der Waals surface area contributed by atoms with Crippen LogP contribution in [0.4, 0.5) is 0 Å². The van der Waals surface area contributed by atoms with Crippen LogP contribution in [-0.2, 0) is 4.74 Å². The quantitative estimate of drug-likeness (QED) is 0.713. The van der Waals surface area contributed by atoms with Crippen LogP contribution in [0.25, 0.3) is 0 Å². The lowest BCUT2D eigenvalue weighted by Crippen LogP contribution is -2.62. The van der Waals surface area contributed by atoms with Gasteiger partial charge in [-0.3, -0.25) is 4.90 Å². The van der Waals surface area contributed by atoms with Gasteiger partial charge in [0.05, 0.1) is 13.2 Å². The van der Waals surface area contributed by atoms with Crippen LogP contribution in [0.3, 0.4) is 0 Å². The summed E-state index contributed by atoms with van der Waals surface area (Å²) in [6.07, 6.45) is 5.13. The summed E-state index contributed by atoms with van der Waals surface area (Å²) in [7, 11) is 0. The van der Waals surface area contributed by atoms with Gasteiger partial charge in [-0.25, -0.2) is 0 Å². The summed E-state index contributed by atoms with van der Waals surface area (Å²) < 4.78 is 5.62. The van der Waals surface area contributed by atoms with E-state index in [9.17, 15) is 0 Å². The molecular formula is C14H29NO. The molecule has 0 bridgehead atoms. The zero-order chi connectivity index (χ0) is 12.2. The minimum Gasteiger partial charge on any atom is -0.378 e. The maximum absolute atomic E-state index is 5.62. The molecule has 16 heavy (non-hydrogen) atoms. The summed E-state index contributed by atoms with van der Waals surface area (Å²) in [4.78, 5) is 2.69. The Balaban J connectivity index is 2.82. The number of morpholine rings is 1. The fraction of sp³-hybridized carbons (Fsp3) is 1.00. The Morgan fingerprint density at radius 3 is 2.19 bits per heavy atom. The molecular weight excluding hydrogens is 198 g/mol. The average molecular weight is 227 g/mol. The highest BCUT2D eigenvalue weighted by atomic mass is 16.5. The first-order chi connectivity index (χ1) is 7.46. The zero-order valence-corrected chi connectivity index (χ0v) is 11.8. The van der Waals surface area contributed by atoms with Crippen LogP contribution in [0.1, 0.15) is 60.3 Å². The maximum atomic E-state index is 5.62. The normalized spacial score (nSPS) is 22.3. The smallest absolute Gasteiger partial charge is 0.0645 e. The predicted octanol–water partition coefficient (Wildman–Crippen LogP) is 3.46. The van der Waals surface area contributed by atoms with Crippen molar-refractivity contribution in [1.82, 2.24) is 4.90 Å². The summed E-state index contributed by atoms with van der Waals surface area (Å²) in [5.41, 5.74) is 0.550.